The van der Waals surface area contributed by atoms with Crippen LogP contribution in [0.25, 0.3) is 0 Å². The summed E-state index contributed by atoms with van der Waals surface area (Å²) in [6, 6.07) is 16.2. The number of rotatable bonds is 6. The van der Waals surface area contributed by atoms with Gasteiger partial charge in [-0.05, 0) is 43.7 Å². The minimum atomic E-state index is -3.73. The van der Waals surface area contributed by atoms with Crippen molar-refractivity contribution in [1.29, 1.82) is 0 Å². The molecule has 2 fully saturated rings. The number of anilines is 1. The second-order valence-corrected chi connectivity index (χ2v) is 10.9. The molecule has 176 valence electrons. The summed E-state index contributed by atoms with van der Waals surface area (Å²) in [6.45, 7) is 6.56. The molecule has 0 bridgehead atoms. The quantitative estimate of drug-likeness (QED) is 0.694. The second-order valence-electron chi connectivity index (χ2n) is 9.04. The molecule has 2 saturated heterocycles. The summed E-state index contributed by atoms with van der Waals surface area (Å²) in [6.07, 6.45) is 0. The van der Waals surface area contributed by atoms with Crippen LogP contribution < -0.4 is 9.62 Å². The molecule has 2 amide bonds. The van der Waals surface area contributed by atoms with Gasteiger partial charge >= 0.3 is 0 Å². The van der Waals surface area contributed by atoms with E-state index in [1.54, 1.807) is 26.0 Å². The number of nitrogens with one attached hydrogen (secondary N) is 1. The van der Waals surface area contributed by atoms with Crippen molar-refractivity contribution in [2.45, 2.75) is 19.9 Å². The van der Waals surface area contributed by atoms with E-state index >= 15 is 0 Å². The molecule has 0 saturated carbocycles. The SMILES string of the molecule is CC1(C)CS(=O)(=O)N(c2ccc(C(=O)NCC(c3ccccc3)N3CCOCC3)cc2)C1=O. The summed E-state index contributed by atoms with van der Waals surface area (Å²) >= 11 is 0. The molecular formula is C24H29N3O5S. The summed E-state index contributed by atoms with van der Waals surface area (Å²) < 4.78 is 31.3. The van der Waals surface area contributed by atoms with E-state index in [4.69, 9.17) is 4.74 Å². The molecule has 9 heteroatoms. The first kappa shape index (κ1) is 23.4. The molecule has 8 nitrogen and oxygen atoms in total. The number of hydrogen-bond acceptors (Lipinski definition) is 6. The normalized spacial score (nSPS) is 21.0. The molecule has 2 heterocycles. The van der Waals surface area contributed by atoms with Gasteiger partial charge < -0.3 is 10.1 Å². The van der Waals surface area contributed by atoms with Crippen LogP contribution in [0.4, 0.5) is 5.69 Å². The summed E-state index contributed by atoms with van der Waals surface area (Å²) in [4.78, 5) is 27.7. The van der Waals surface area contributed by atoms with Gasteiger partial charge in [0.05, 0.1) is 36.1 Å². The average molecular weight is 472 g/mol. The third kappa shape index (κ3) is 4.95. The lowest BCUT2D eigenvalue weighted by Crippen LogP contribution is -2.43. The Hall–Kier alpha value is -2.75. The van der Waals surface area contributed by atoms with Crippen molar-refractivity contribution in [2.24, 2.45) is 5.41 Å². The third-order valence-corrected chi connectivity index (χ3v) is 8.10. The fraction of sp³-hybridized carbons (Fsp3) is 0.417. The standard InChI is InChI=1S/C24H29N3O5S/c1-24(2)17-33(30,31)27(23(24)29)20-10-8-19(9-11-20)22(28)25-16-21(18-6-4-3-5-7-18)26-12-14-32-15-13-26/h3-11,21H,12-17H2,1-2H3,(H,25,28). The van der Waals surface area contributed by atoms with Gasteiger partial charge in [-0.2, -0.15) is 0 Å². The van der Waals surface area contributed by atoms with Crippen molar-refractivity contribution < 1.29 is 22.7 Å². The Labute approximate surface area is 194 Å². The number of sulfonamides is 1. The van der Waals surface area contributed by atoms with Gasteiger partial charge in [-0.25, -0.2) is 12.7 Å². The second kappa shape index (κ2) is 9.24. The smallest absolute Gasteiger partial charge is 0.251 e. The van der Waals surface area contributed by atoms with Crippen LogP contribution in [0.3, 0.4) is 0 Å². The molecular weight excluding hydrogens is 442 g/mol. The number of nitrogens with zero attached hydrogens (tertiary/aromatic N) is 2. The Morgan fingerprint density at radius 1 is 1.06 bits per heavy atom. The fourth-order valence-electron chi connectivity index (χ4n) is 4.32. The Morgan fingerprint density at radius 3 is 2.27 bits per heavy atom. The molecule has 4 rings (SSSR count). The zero-order chi connectivity index (χ0) is 23.6. The Balaban J connectivity index is 1.46. The van der Waals surface area contributed by atoms with E-state index in [0.29, 0.717) is 25.3 Å². The lowest BCUT2D eigenvalue weighted by atomic mass is 9.95. The minimum Gasteiger partial charge on any atom is -0.379 e. The molecule has 0 spiro atoms. The van der Waals surface area contributed by atoms with Crippen LogP contribution in [0, 0.1) is 5.41 Å². The minimum absolute atomic E-state index is 0.0212. The highest BCUT2D eigenvalue weighted by atomic mass is 32.2. The first-order valence-corrected chi connectivity index (χ1v) is 12.6. The molecule has 2 aliphatic heterocycles. The Kier molecular flexibility index (Phi) is 6.56. The van der Waals surface area contributed by atoms with Crippen molar-refractivity contribution in [3.63, 3.8) is 0 Å². The number of carbonyl (C=O) groups excluding carboxylic acids is 2. The summed E-state index contributed by atoms with van der Waals surface area (Å²) in [7, 11) is -3.73. The van der Waals surface area contributed by atoms with Gasteiger partial charge in [0, 0.05) is 25.2 Å². The maximum atomic E-state index is 12.8. The first-order chi connectivity index (χ1) is 15.7. The van der Waals surface area contributed by atoms with Crippen LogP contribution in [0.5, 0.6) is 0 Å². The number of morpholine rings is 1. The zero-order valence-corrected chi connectivity index (χ0v) is 19.7. The maximum Gasteiger partial charge on any atom is 0.251 e. The molecule has 33 heavy (non-hydrogen) atoms. The van der Waals surface area contributed by atoms with Crippen molar-refractivity contribution in [3.05, 3.63) is 65.7 Å². The molecule has 2 aliphatic rings. The topological polar surface area (TPSA) is 96.0 Å². The van der Waals surface area contributed by atoms with Gasteiger partial charge in [-0.15, -0.1) is 0 Å². The lowest BCUT2D eigenvalue weighted by Gasteiger charge is -2.35. The van der Waals surface area contributed by atoms with Crippen LogP contribution >= 0.6 is 0 Å². The van der Waals surface area contributed by atoms with E-state index in [1.807, 2.05) is 18.2 Å². The van der Waals surface area contributed by atoms with Crippen LogP contribution in [0.1, 0.15) is 35.8 Å². The monoisotopic (exact) mass is 471 g/mol. The summed E-state index contributed by atoms with van der Waals surface area (Å²) in [5, 5.41) is 3.00. The average Bonchev–Trinajstić information content (AvgIpc) is 2.97. The summed E-state index contributed by atoms with van der Waals surface area (Å²) in [5.74, 6) is -0.952. The largest absolute Gasteiger partial charge is 0.379 e. The first-order valence-electron chi connectivity index (χ1n) is 11.0. The maximum absolute atomic E-state index is 12.8. The number of amides is 2. The van der Waals surface area contributed by atoms with E-state index in [0.717, 1.165) is 23.0 Å². The van der Waals surface area contributed by atoms with Crippen LogP contribution in [0.2, 0.25) is 0 Å². The Morgan fingerprint density at radius 2 is 1.70 bits per heavy atom. The van der Waals surface area contributed by atoms with Gasteiger partial charge in [0.1, 0.15) is 0 Å². The molecule has 0 aliphatic carbocycles. The Bertz CT molecular complexity index is 1110. The molecule has 1 N–H and O–H groups in total. The number of carbonyl (C=O) groups is 2. The molecule has 2 aromatic carbocycles. The van der Waals surface area contributed by atoms with E-state index in [2.05, 4.69) is 22.3 Å². The van der Waals surface area contributed by atoms with Gasteiger partial charge in [-0.3, -0.25) is 14.5 Å². The number of ether oxygens (including phenoxy) is 1. The highest BCUT2D eigenvalue weighted by Gasteiger charge is 2.49. The molecule has 1 atom stereocenters. The van der Waals surface area contributed by atoms with Crippen LogP contribution in [-0.2, 0) is 19.6 Å². The molecule has 2 aromatic rings. The molecule has 0 radical (unpaired) electrons. The third-order valence-electron chi connectivity index (χ3n) is 6.08. The van der Waals surface area contributed by atoms with Crippen LogP contribution in [0.15, 0.2) is 54.6 Å². The van der Waals surface area contributed by atoms with Crippen molar-refractivity contribution >= 4 is 27.5 Å². The highest BCUT2D eigenvalue weighted by molar-refractivity contribution is 7.94. The van der Waals surface area contributed by atoms with Gasteiger partial charge in [0.25, 0.3) is 5.91 Å². The lowest BCUT2D eigenvalue weighted by molar-refractivity contribution is -0.123. The predicted octanol–water partition coefficient (Wildman–Crippen LogP) is 2.19. The highest BCUT2D eigenvalue weighted by Crippen LogP contribution is 2.35. The fourth-order valence-corrected chi connectivity index (χ4v) is 6.43. The zero-order valence-electron chi connectivity index (χ0n) is 18.9. The van der Waals surface area contributed by atoms with Crippen molar-refractivity contribution in [3.8, 4) is 0 Å². The van der Waals surface area contributed by atoms with E-state index in [9.17, 15) is 18.0 Å². The van der Waals surface area contributed by atoms with Crippen LogP contribution in [-0.4, -0.2) is 63.7 Å². The van der Waals surface area contributed by atoms with Gasteiger partial charge in [-0.1, -0.05) is 30.3 Å². The van der Waals surface area contributed by atoms with Gasteiger partial charge in [0.2, 0.25) is 15.9 Å². The van der Waals surface area contributed by atoms with Crippen molar-refractivity contribution in [1.82, 2.24) is 10.2 Å². The number of benzene rings is 2. The van der Waals surface area contributed by atoms with Gasteiger partial charge in [0.15, 0.2) is 0 Å². The number of hydrogen-bond donors (Lipinski definition) is 1. The van der Waals surface area contributed by atoms with Crippen molar-refractivity contribution in [2.75, 3.05) is 42.9 Å². The summed E-state index contributed by atoms with van der Waals surface area (Å²) in [5.41, 5.74) is 0.796. The van der Waals surface area contributed by atoms with E-state index in [-0.39, 0.29) is 23.4 Å². The van der Waals surface area contributed by atoms with E-state index in [1.165, 1.54) is 12.1 Å². The molecule has 1 unspecified atom stereocenters. The molecule has 0 aromatic heterocycles. The predicted molar refractivity (Wildman–Crippen MR) is 125 cm³/mol. The van der Waals surface area contributed by atoms with E-state index < -0.39 is 21.3 Å².